The Morgan fingerprint density at radius 2 is 1.77 bits per heavy atom. The van der Waals surface area contributed by atoms with Gasteiger partial charge in [0, 0.05) is 48.9 Å². The van der Waals surface area contributed by atoms with E-state index >= 15 is 0 Å². The van der Waals surface area contributed by atoms with E-state index < -0.39 is 0 Å². The number of methoxy groups -OCH3 is 1. The highest BCUT2D eigenvalue weighted by molar-refractivity contribution is 5.95. The van der Waals surface area contributed by atoms with E-state index in [0.29, 0.717) is 25.0 Å². The molecule has 2 fully saturated rings. The van der Waals surface area contributed by atoms with E-state index in [4.69, 9.17) is 9.47 Å². The lowest BCUT2D eigenvalue weighted by Crippen LogP contribution is -2.62. The number of likely N-dealkylation sites (tertiary alicyclic amines) is 1. The lowest BCUT2D eigenvalue weighted by molar-refractivity contribution is -0.0256. The predicted molar refractivity (Wildman–Crippen MR) is 169 cm³/mol. The summed E-state index contributed by atoms with van der Waals surface area (Å²) in [4.78, 5) is 24.8. The van der Waals surface area contributed by atoms with Crippen LogP contribution in [-0.2, 0) is 23.7 Å². The molecule has 0 radical (unpaired) electrons. The van der Waals surface area contributed by atoms with Gasteiger partial charge in [-0.15, -0.1) is 0 Å². The molecule has 1 spiro atoms. The molecular formula is C36H44N4O3. The van der Waals surface area contributed by atoms with Crippen LogP contribution in [0.5, 0.6) is 11.5 Å². The normalized spacial score (nSPS) is 27.4. The maximum Gasteiger partial charge on any atom is 0.270 e. The van der Waals surface area contributed by atoms with Crippen LogP contribution in [0.2, 0.25) is 0 Å². The molecule has 226 valence electrons. The first-order valence-corrected chi connectivity index (χ1v) is 16.0. The lowest BCUT2D eigenvalue weighted by Gasteiger charge is -2.57. The van der Waals surface area contributed by atoms with Crippen LogP contribution >= 0.6 is 0 Å². The minimum Gasteiger partial charge on any atom is -0.493 e. The highest BCUT2D eigenvalue weighted by Crippen LogP contribution is 2.67. The molecule has 1 amide bonds. The van der Waals surface area contributed by atoms with Crippen LogP contribution in [0.25, 0.3) is 0 Å². The number of nitrogens with one attached hydrogen (secondary N) is 1. The number of likely N-dealkylation sites (N-methyl/N-ethyl adjacent to an activating group) is 1. The average molecular weight is 581 g/mol. The molecule has 7 nitrogen and oxygen atoms in total. The zero-order chi connectivity index (χ0) is 29.8. The highest BCUT2D eigenvalue weighted by Gasteiger charge is 2.65. The Morgan fingerprint density at radius 3 is 2.47 bits per heavy atom. The van der Waals surface area contributed by atoms with Crippen LogP contribution in [0.1, 0.15) is 77.3 Å². The minimum absolute atomic E-state index is 0.0760. The summed E-state index contributed by atoms with van der Waals surface area (Å²) in [6, 6.07) is 13.8. The molecule has 2 aliphatic carbocycles. The van der Waals surface area contributed by atoms with Crippen molar-refractivity contribution in [3.63, 3.8) is 0 Å². The van der Waals surface area contributed by atoms with E-state index in [1.54, 1.807) is 7.11 Å². The van der Waals surface area contributed by atoms with Crippen molar-refractivity contribution in [2.24, 2.45) is 5.92 Å². The third kappa shape index (κ3) is 3.73. The number of amides is 1. The van der Waals surface area contributed by atoms with Gasteiger partial charge in [0.15, 0.2) is 11.5 Å². The molecule has 43 heavy (non-hydrogen) atoms. The average Bonchev–Trinajstić information content (AvgIpc) is 3.52. The number of rotatable bonds is 3. The molecule has 7 heteroatoms. The molecule has 2 saturated heterocycles. The maximum atomic E-state index is 14.1. The lowest BCUT2D eigenvalue weighted by atomic mass is 9.51. The SMILES string of the molecule is COc1ccc2c3c1O[C@H]1c4[nH]c(C(=O)N5CCN(c6ccc(C(C)(C)C)cc6)CC5)c(C)c4CC4[C@H](C2)N(C)CC[C@@]341. The van der Waals surface area contributed by atoms with Crippen molar-refractivity contribution in [1.82, 2.24) is 14.8 Å². The molecule has 4 heterocycles. The second kappa shape index (κ2) is 9.28. The summed E-state index contributed by atoms with van der Waals surface area (Å²) in [5.74, 6) is 2.32. The molecular weight excluding hydrogens is 536 g/mol. The van der Waals surface area contributed by atoms with Gasteiger partial charge in [-0.25, -0.2) is 0 Å². The van der Waals surface area contributed by atoms with E-state index in [0.717, 1.165) is 67.3 Å². The van der Waals surface area contributed by atoms with Gasteiger partial charge in [0.25, 0.3) is 5.91 Å². The number of H-pyrrole nitrogens is 1. The fraction of sp³-hybridized carbons (Fsp3) is 0.528. The van der Waals surface area contributed by atoms with Crippen LogP contribution in [0, 0.1) is 12.8 Å². The molecule has 2 bridgehead atoms. The van der Waals surface area contributed by atoms with E-state index in [-0.39, 0.29) is 22.8 Å². The number of aromatic nitrogens is 1. The van der Waals surface area contributed by atoms with Gasteiger partial charge in [-0.2, -0.15) is 0 Å². The van der Waals surface area contributed by atoms with Gasteiger partial charge in [0.05, 0.1) is 12.8 Å². The fourth-order valence-electron chi connectivity index (χ4n) is 9.15. The molecule has 1 N–H and O–H groups in total. The van der Waals surface area contributed by atoms with Crippen LogP contribution in [0.15, 0.2) is 36.4 Å². The van der Waals surface area contributed by atoms with Gasteiger partial charge >= 0.3 is 0 Å². The molecule has 3 aliphatic heterocycles. The van der Waals surface area contributed by atoms with Crippen molar-refractivity contribution >= 4 is 11.6 Å². The van der Waals surface area contributed by atoms with Crippen molar-refractivity contribution in [2.45, 2.75) is 69.9 Å². The molecule has 5 aliphatic rings. The number of fused-ring (bicyclic) bond motifs is 2. The van der Waals surface area contributed by atoms with Gasteiger partial charge in [-0.05, 0) is 91.6 Å². The second-order valence-corrected chi connectivity index (χ2v) is 14.6. The zero-order valence-corrected chi connectivity index (χ0v) is 26.4. The number of benzene rings is 2. The van der Waals surface area contributed by atoms with Gasteiger partial charge in [0.2, 0.25) is 0 Å². The first-order valence-electron chi connectivity index (χ1n) is 16.0. The topological polar surface area (TPSA) is 61.0 Å². The number of ether oxygens (including phenoxy) is 2. The third-order valence-corrected chi connectivity index (χ3v) is 11.6. The number of hydrogen-bond donors (Lipinski definition) is 1. The fourth-order valence-corrected chi connectivity index (χ4v) is 9.15. The summed E-state index contributed by atoms with van der Waals surface area (Å²) >= 11 is 0. The van der Waals surface area contributed by atoms with Gasteiger partial charge in [-0.1, -0.05) is 39.0 Å². The molecule has 1 aromatic heterocycles. The molecule has 0 saturated carbocycles. The van der Waals surface area contributed by atoms with E-state index in [1.807, 2.05) is 4.90 Å². The summed E-state index contributed by atoms with van der Waals surface area (Å²) < 4.78 is 12.8. The highest BCUT2D eigenvalue weighted by atomic mass is 16.5. The number of hydrogen-bond acceptors (Lipinski definition) is 5. The Hall–Kier alpha value is -3.45. The van der Waals surface area contributed by atoms with Crippen molar-refractivity contribution in [3.8, 4) is 11.5 Å². The summed E-state index contributed by atoms with van der Waals surface area (Å²) in [7, 11) is 4.02. The molecule has 2 aromatic carbocycles. The minimum atomic E-state index is -0.115. The Balaban J connectivity index is 1.08. The smallest absolute Gasteiger partial charge is 0.270 e. The Labute approximate surface area is 255 Å². The Morgan fingerprint density at radius 1 is 1.02 bits per heavy atom. The number of carbonyl (C=O) groups is 1. The quantitative estimate of drug-likeness (QED) is 0.450. The van der Waals surface area contributed by atoms with Crippen molar-refractivity contribution < 1.29 is 14.3 Å². The number of piperazine rings is 1. The summed E-state index contributed by atoms with van der Waals surface area (Å²) in [5.41, 5.74) is 9.68. The van der Waals surface area contributed by atoms with Gasteiger partial charge in [0.1, 0.15) is 11.8 Å². The summed E-state index contributed by atoms with van der Waals surface area (Å²) in [5, 5.41) is 0. The number of anilines is 1. The van der Waals surface area contributed by atoms with Crippen molar-refractivity contribution in [1.29, 1.82) is 0 Å². The van der Waals surface area contributed by atoms with Gasteiger partial charge < -0.3 is 29.2 Å². The zero-order valence-electron chi connectivity index (χ0n) is 26.4. The van der Waals surface area contributed by atoms with Crippen molar-refractivity contribution in [2.75, 3.05) is 51.8 Å². The Kier molecular flexibility index (Phi) is 5.85. The third-order valence-electron chi connectivity index (χ3n) is 11.6. The largest absolute Gasteiger partial charge is 0.493 e. The summed E-state index contributed by atoms with van der Waals surface area (Å²) in [6.45, 7) is 13.0. The second-order valence-electron chi connectivity index (χ2n) is 14.6. The monoisotopic (exact) mass is 580 g/mol. The molecule has 3 aromatic rings. The summed E-state index contributed by atoms with van der Waals surface area (Å²) in [6.07, 6.45) is 2.96. The maximum absolute atomic E-state index is 14.1. The van der Waals surface area contributed by atoms with E-state index in [2.05, 4.69) is 85.9 Å². The van der Waals surface area contributed by atoms with Crippen LogP contribution in [0.4, 0.5) is 5.69 Å². The first kappa shape index (κ1) is 27.1. The number of aromatic amines is 1. The number of piperidine rings is 1. The predicted octanol–water partition coefficient (Wildman–Crippen LogP) is 5.40. The Bertz CT molecular complexity index is 1610. The van der Waals surface area contributed by atoms with E-state index in [1.165, 1.54) is 27.9 Å². The molecule has 8 rings (SSSR count). The standard InChI is InChI=1S/C36H44N4O3/c1-21-25-20-26-27-19-22-7-12-28(42-6)32-29(22)36(26,13-14-38(27)5)33(43-32)31(25)37-30(21)34(41)40-17-15-39(16-18-40)24-10-8-23(9-11-24)35(2,3)4/h7-12,26-27,33,37H,13-20H2,1-6H3/t26?,27-,33-,36-/m0/s1. The van der Waals surface area contributed by atoms with Gasteiger partial charge in [-0.3, -0.25) is 4.79 Å². The molecule has 4 atom stereocenters. The van der Waals surface area contributed by atoms with Crippen LogP contribution < -0.4 is 14.4 Å². The van der Waals surface area contributed by atoms with Crippen LogP contribution in [0.3, 0.4) is 0 Å². The number of carbonyl (C=O) groups excluding carboxylic acids is 1. The van der Waals surface area contributed by atoms with E-state index in [9.17, 15) is 4.79 Å². The first-order chi connectivity index (χ1) is 20.6. The van der Waals surface area contributed by atoms with Crippen molar-refractivity contribution in [3.05, 3.63) is 75.6 Å². The number of nitrogens with zero attached hydrogens (tertiary/aromatic N) is 3. The molecule has 1 unspecified atom stereocenters. The van der Waals surface area contributed by atoms with Crippen LogP contribution in [-0.4, -0.2) is 73.6 Å².